The maximum atomic E-state index is 12.8. The quantitative estimate of drug-likeness (QED) is 0.442. The maximum Gasteiger partial charge on any atom is 0.244 e. The lowest BCUT2D eigenvalue weighted by Gasteiger charge is -2.18. The van der Waals surface area contributed by atoms with Gasteiger partial charge in [0.05, 0.1) is 20.3 Å². The first-order valence-corrected chi connectivity index (χ1v) is 10.8. The summed E-state index contributed by atoms with van der Waals surface area (Å²) in [5.74, 6) is 1.36. The van der Waals surface area contributed by atoms with Gasteiger partial charge in [-0.2, -0.15) is 4.80 Å². The molecule has 2 heterocycles. The highest BCUT2D eigenvalue weighted by molar-refractivity contribution is 7.10. The van der Waals surface area contributed by atoms with Crippen LogP contribution in [0.2, 0.25) is 0 Å². The first-order valence-electron chi connectivity index (χ1n) is 9.97. The van der Waals surface area contributed by atoms with Gasteiger partial charge in [-0.05, 0) is 47.3 Å². The van der Waals surface area contributed by atoms with Gasteiger partial charge in [0.25, 0.3) is 0 Å². The fourth-order valence-electron chi connectivity index (χ4n) is 3.27. The molecule has 0 aliphatic rings. The summed E-state index contributed by atoms with van der Waals surface area (Å²) >= 11 is 1.60. The number of tetrazole rings is 1. The predicted molar refractivity (Wildman–Crippen MR) is 122 cm³/mol. The van der Waals surface area contributed by atoms with Crippen LogP contribution in [0.5, 0.6) is 11.5 Å². The standard InChI is InChI=1S/C23H23N5O3S/c1-15-6-8-16(9-7-15)22(20-5-4-12-32-20)24-21(29)14-28-26-23(25-27-28)17-10-11-18(30-2)19(13-17)31-3/h4-13,22H,14H2,1-3H3,(H,24,29). The van der Waals surface area contributed by atoms with Crippen molar-refractivity contribution in [3.05, 3.63) is 76.0 Å². The summed E-state index contributed by atoms with van der Waals surface area (Å²) in [7, 11) is 3.14. The van der Waals surface area contributed by atoms with Crippen molar-refractivity contribution in [2.45, 2.75) is 19.5 Å². The molecular formula is C23H23N5O3S. The Morgan fingerprint density at radius 2 is 1.88 bits per heavy atom. The molecule has 8 nitrogen and oxygen atoms in total. The number of nitrogens with zero attached hydrogens (tertiary/aromatic N) is 4. The molecule has 2 aromatic carbocycles. The summed E-state index contributed by atoms with van der Waals surface area (Å²) in [4.78, 5) is 15.2. The molecule has 2 aromatic heterocycles. The summed E-state index contributed by atoms with van der Waals surface area (Å²) in [6.07, 6.45) is 0. The van der Waals surface area contributed by atoms with Crippen LogP contribution in [0.3, 0.4) is 0 Å². The van der Waals surface area contributed by atoms with Crippen LogP contribution in [0.1, 0.15) is 22.0 Å². The van der Waals surface area contributed by atoms with E-state index in [-0.39, 0.29) is 18.5 Å². The second-order valence-electron chi connectivity index (χ2n) is 7.14. The zero-order valence-corrected chi connectivity index (χ0v) is 18.8. The third-order valence-electron chi connectivity index (χ3n) is 4.92. The molecular weight excluding hydrogens is 426 g/mol. The van der Waals surface area contributed by atoms with Crippen molar-refractivity contribution in [3.8, 4) is 22.9 Å². The fourth-order valence-corrected chi connectivity index (χ4v) is 4.07. The van der Waals surface area contributed by atoms with Gasteiger partial charge in [0.2, 0.25) is 11.7 Å². The number of benzene rings is 2. The van der Waals surface area contributed by atoms with Crippen molar-refractivity contribution in [2.24, 2.45) is 0 Å². The molecule has 164 valence electrons. The summed E-state index contributed by atoms with van der Waals surface area (Å²) in [6, 6.07) is 17.2. The molecule has 0 fully saturated rings. The zero-order valence-electron chi connectivity index (χ0n) is 18.0. The topological polar surface area (TPSA) is 91.2 Å². The summed E-state index contributed by atoms with van der Waals surface area (Å²) in [5, 5.41) is 17.5. The molecule has 0 saturated heterocycles. The highest BCUT2D eigenvalue weighted by Crippen LogP contribution is 2.31. The predicted octanol–water partition coefficient (Wildman–Crippen LogP) is 3.63. The molecule has 1 atom stereocenters. The highest BCUT2D eigenvalue weighted by atomic mass is 32.1. The number of rotatable bonds is 8. The first kappa shape index (κ1) is 21.5. The number of carbonyl (C=O) groups is 1. The van der Waals surface area contributed by atoms with Crippen LogP contribution in [0.25, 0.3) is 11.4 Å². The summed E-state index contributed by atoms with van der Waals surface area (Å²) < 4.78 is 10.6. The van der Waals surface area contributed by atoms with E-state index >= 15 is 0 Å². The van der Waals surface area contributed by atoms with Crippen molar-refractivity contribution < 1.29 is 14.3 Å². The Morgan fingerprint density at radius 3 is 2.56 bits per heavy atom. The molecule has 0 aliphatic carbocycles. The van der Waals surface area contributed by atoms with Gasteiger partial charge in [-0.1, -0.05) is 35.9 Å². The minimum absolute atomic E-state index is 0.0476. The number of carbonyl (C=O) groups excluding carboxylic acids is 1. The fraction of sp³-hybridized carbons (Fsp3) is 0.217. The van der Waals surface area contributed by atoms with E-state index in [4.69, 9.17) is 9.47 Å². The van der Waals surface area contributed by atoms with Crippen LogP contribution in [0.4, 0.5) is 0 Å². The Hall–Kier alpha value is -3.72. The second kappa shape index (κ2) is 9.61. The molecule has 1 unspecified atom stereocenters. The van der Waals surface area contributed by atoms with Gasteiger partial charge in [0, 0.05) is 10.4 Å². The number of aryl methyl sites for hydroxylation is 1. The third-order valence-corrected chi connectivity index (χ3v) is 5.86. The smallest absolute Gasteiger partial charge is 0.244 e. The molecule has 4 aromatic rings. The Labute approximate surface area is 189 Å². The number of hydrogen-bond donors (Lipinski definition) is 1. The molecule has 0 spiro atoms. The largest absolute Gasteiger partial charge is 0.493 e. The molecule has 0 aliphatic heterocycles. The van der Waals surface area contributed by atoms with Gasteiger partial charge in [0.1, 0.15) is 6.54 Å². The van der Waals surface area contributed by atoms with Crippen molar-refractivity contribution >= 4 is 17.2 Å². The van der Waals surface area contributed by atoms with Crippen LogP contribution in [0, 0.1) is 6.92 Å². The van der Waals surface area contributed by atoms with Crippen LogP contribution in [-0.4, -0.2) is 40.3 Å². The highest BCUT2D eigenvalue weighted by Gasteiger charge is 2.19. The second-order valence-corrected chi connectivity index (χ2v) is 8.12. The van der Waals surface area contributed by atoms with Gasteiger partial charge in [-0.3, -0.25) is 4.79 Å². The SMILES string of the molecule is COc1ccc(-c2nnn(CC(=O)NC(c3ccc(C)cc3)c3cccs3)n2)cc1OC. The van der Waals surface area contributed by atoms with Gasteiger partial charge < -0.3 is 14.8 Å². The maximum absolute atomic E-state index is 12.8. The lowest BCUT2D eigenvalue weighted by molar-refractivity contribution is -0.122. The lowest BCUT2D eigenvalue weighted by Crippen LogP contribution is -2.32. The van der Waals surface area contributed by atoms with E-state index in [2.05, 4.69) is 20.7 Å². The molecule has 0 saturated carbocycles. The number of methoxy groups -OCH3 is 2. The van der Waals surface area contributed by atoms with Crippen LogP contribution in [-0.2, 0) is 11.3 Å². The number of hydrogen-bond acceptors (Lipinski definition) is 7. The number of aromatic nitrogens is 4. The first-order chi connectivity index (χ1) is 15.6. The number of thiophene rings is 1. The van der Waals surface area contributed by atoms with Crippen LogP contribution >= 0.6 is 11.3 Å². The van der Waals surface area contributed by atoms with E-state index in [1.807, 2.05) is 54.8 Å². The molecule has 32 heavy (non-hydrogen) atoms. The van der Waals surface area contributed by atoms with E-state index in [9.17, 15) is 4.79 Å². The third kappa shape index (κ3) is 4.78. The number of ether oxygens (including phenoxy) is 2. The number of nitrogens with one attached hydrogen (secondary N) is 1. The summed E-state index contributed by atoms with van der Waals surface area (Å²) in [5.41, 5.74) is 2.90. The van der Waals surface area contributed by atoms with Crippen molar-refractivity contribution in [3.63, 3.8) is 0 Å². The van der Waals surface area contributed by atoms with Gasteiger partial charge in [-0.15, -0.1) is 21.5 Å². The monoisotopic (exact) mass is 449 g/mol. The molecule has 9 heteroatoms. The van der Waals surface area contributed by atoms with Gasteiger partial charge >= 0.3 is 0 Å². The molecule has 1 amide bonds. The van der Waals surface area contributed by atoms with E-state index in [1.54, 1.807) is 37.7 Å². The van der Waals surface area contributed by atoms with E-state index in [0.29, 0.717) is 22.9 Å². The normalized spacial score (nSPS) is 11.7. The minimum Gasteiger partial charge on any atom is -0.493 e. The van der Waals surface area contributed by atoms with E-state index < -0.39 is 0 Å². The van der Waals surface area contributed by atoms with E-state index in [0.717, 1.165) is 10.4 Å². The lowest BCUT2D eigenvalue weighted by atomic mass is 10.0. The Bertz CT molecular complexity index is 1190. The summed E-state index contributed by atoms with van der Waals surface area (Å²) in [6.45, 7) is 1.99. The Morgan fingerprint density at radius 1 is 1.09 bits per heavy atom. The van der Waals surface area contributed by atoms with Crippen molar-refractivity contribution in [1.82, 2.24) is 25.5 Å². The molecule has 0 bridgehead atoms. The van der Waals surface area contributed by atoms with Gasteiger partial charge in [0.15, 0.2) is 11.5 Å². The van der Waals surface area contributed by atoms with E-state index in [1.165, 1.54) is 10.4 Å². The zero-order chi connectivity index (χ0) is 22.5. The Balaban J connectivity index is 1.49. The van der Waals surface area contributed by atoms with Gasteiger partial charge in [-0.25, -0.2) is 0 Å². The average molecular weight is 450 g/mol. The van der Waals surface area contributed by atoms with Crippen molar-refractivity contribution in [1.29, 1.82) is 0 Å². The van der Waals surface area contributed by atoms with Crippen LogP contribution in [0.15, 0.2) is 60.0 Å². The molecule has 4 rings (SSSR count). The Kier molecular flexibility index (Phi) is 6.46. The minimum atomic E-state index is -0.239. The molecule has 0 radical (unpaired) electrons. The average Bonchev–Trinajstić information content (AvgIpc) is 3.50. The van der Waals surface area contributed by atoms with Crippen molar-refractivity contribution in [2.75, 3.05) is 14.2 Å². The number of amides is 1. The molecule has 1 N–H and O–H groups in total. The van der Waals surface area contributed by atoms with Crippen LogP contribution < -0.4 is 14.8 Å².